The highest BCUT2D eigenvalue weighted by atomic mass is 16.6. The number of carbonyl (C=O) groups is 4. The molecule has 12 heteroatoms. The van der Waals surface area contributed by atoms with Crippen LogP contribution < -0.4 is 16.0 Å². The minimum absolute atomic E-state index is 0.00699. The van der Waals surface area contributed by atoms with Gasteiger partial charge in [-0.2, -0.15) is 10.2 Å². The first-order valence-corrected chi connectivity index (χ1v) is 12.0. The van der Waals surface area contributed by atoms with Crippen LogP contribution in [0.15, 0.2) is 36.4 Å². The van der Waals surface area contributed by atoms with Crippen molar-refractivity contribution in [2.75, 3.05) is 10.6 Å². The average Bonchev–Trinajstić information content (AvgIpc) is 3.59. The lowest BCUT2D eigenvalue weighted by atomic mass is 10.0. The Morgan fingerprint density at radius 3 is 2.68 bits per heavy atom. The van der Waals surface area contributed by atoms with Gasteiger partial charge in [0.1, 0.15) is 11.8 Å². The number of benzene rings is 1. The van der Waals surface area contributed by atoms with Crippen LogP contribution in [-0.4, -0.2) is 56.3 Å². The van der Waals surface area contributed by atoms with Gasteiger partial charge in [0.2, 0.25) is 0 Å². The SMILES string of the molecule is CC(C)NC(=O)OC1CCC(c2cc(NC(=O)c3cc(C(=O)Nc4ccccc4C=O)nn3C)n[nH]2)C1. The number of alkyl carbamates (subject to hydrolysis) is 1. The molecule has 37 heavy (non-hydrogen) atoms. The van der Waals surface area contributed by atoms with Gasteiger partial charge in [0, 0.05) is 42.4 Å². The van der Waals surface area contributed by atoms with Crippen LogP contribution in [0.25, 0.3) is 0 Å². The van der Waals surface area contributed by atoms with Crippen molar-refractivity contribution in [3.8, 4) is 0 Å². The van der Waals surface area contributed by atoms with Crippen LogP contribution in [-0.2, 0) is 11.8 Å². The maximum Gasteiger partial charge on any atom is 0.407 e. The van der Waals surface area contributed by atoms with Crippen molar-refractivity contribution < 1.29 is 23.9 Å². The number of para-hydroxylation sites is 1. The third kappa shape index (κ3) is 6.21. The molecule has 2 unspecified atom stereocenters. The number of aryl methyl sites for hydroxylation is 1. The fraction of sp³-hybridized carbons (Fsp3) is 0.360. The summed E-state index contributed by atoms with van der Waals surface area (Å²) in [6.45, 7) is 3.74. The molecule has 0 spiro atoms. The number of amides is 3. The predicted octanol–water partition coefficient (Wildman–Crippen LogP) is 3.23. The van der Waals surface area contributed by atoms with Crippen LogP contribution in [0.5, 0.6) is 0 Å². The highest BCUT2D eigenvalue weighted by Gasteiger charge is 2.30. The number of anilines is 2. The van der Waals surface area contributed by atoms with Gasteiger partial charge in [-0.1, -0.05) is 12.1 Å². The largest absolute Gasteiger partial charge is 0.446 e. The van der Waals surface area contributed by atoms with E-state index >= 15 is 0 Å². The van der Waals surface area contributed by atoms with Gasteiger partial charge in [-0.25, -0.2) is 4.79 Å². The van der Waals surface area contributed by atoms with E-state index < -0.39 is 17.9 Å². The summed E-state index contributed by atoms with van der Waals surface area (Å²) in [6.07, 6.45) is 2.27. The van der Waals surface area contributed by atoms with E-state index in [1.165, 1.54) is 10.7 Å². The zero-order valence-corrected chi connectivity index (χ0v) is 20.8. The van der Waals surface area contributed by atoms with Crippen molar-refractivity contribution in [2.45, 2.75) is 51.2 Å². The Labute approximate surface area is 213 Å². The van der Waals surface area contributed by atoms with E-state index in [-0.39, 0.29) is 29.5 Å². The number of aldehydes is 1. The summed E-state index contributed by atoms with van der Waals surface area (Å²) in [5.41, 5.74) is 1.70. The molecular formula is C25H29N7O5. The summed E-state index contributed by atoms with van der Waals surface area (Å²) in [5, 5.41) is 19.3. The highest BCUT2D eigenvalue weighted by molar-refractivity contribution is 6.08. The molecule has 3 aromatic rings. The molecule has 0 saturated heterocycles. The first-order valence-electron chi connectivity index (χ1n) is 12.0. The number of ether oxygens (including phenoxy) is 1. The zero-order valence-electron chi connectivity index (χ0n) is 20.8. The maximum absolute atomic E-state index is 12.9. The molecule has 12 nitrogen and oxygen atoms in total. The van der Waals surface area contributed by atoms with E-state index in [2.05, 4.69) is 31.2 Å². The summed E-state index contributed by atoms with van der Waals surface area (Å²) in [5.74, 6) is -0.588. The summed E-state index contributed by atoms with van der Waals surface area (Å²) in [4.78, 5) is 48.5. The number of rotatable bonds is 8. The number of hydrogen-bond donors (Lipinski definition) is 4. The van der Waals surface area contributed by atoms with Crippen LogP contribution in [0, 0.1) is 0 Å². The van der Waals surface area contributed by atoms with Gasteiger partial charge in [0.25, 0.3) is 11.8 Å². The van der Waals surface area contributed by atoms with Gasteiger partial charge in [0.05, 0.1) is 5.69 Å². The fourth-order valence-electron chi connectivity index (χ4n) is 4.23. The first-order chi connectivity index (χ1) is 17.7. The molecule has 0 radical (unpaired) electrons. The summed E-state index contributed by atoms with van der Waals surface area (Å²) in [6, 6.07) is 9.69. The number of hydrogen-bond acceptors (Lipinski definition) is 7. The van der Waals surface area contributed by atoms with Gasteiger partial charge in [-0.15, -0.1) is 0 Å². The molecule has 3 amide bonds. The van der Waals surface area contributed by atoms with Gasteiger partial charge in [0.15, 0.2) is 17.8 Å². The number of nitrogens with one attached hydrogen (secondary N) is 4. The molecule has 4 N–H and O–H groups in total. The van der Waals surface area contributed by atoms with Crippen LogP contribution in [0.2, 0.25) is 0 Å². The molecule has 194 valence electrons. The lowest BCUT2D eigenvalue weighted by molar-refractivity contribution is 0.0978. The fourth-order valence-corrected chi connectivity index (χ4v) is 4.23. The third-order valence-electron chi connectivity index (χ3n) is 6.02. The van der Waals surface area contributed by atoms with Gasteiger partial charge in [-0.05, 0) is 45.2 Å². The Morgan fingerprint density at radius 2 is 1.92 bits per heavy atom. The number of carbonyl (C=O) groups excluding carboxylic acids is 4. The molecule has 4 rings (SSSR count). The van der Waals surface area contributed by atoms with Crippen molar-refractivity contribution >= 4 is 35.7 Å². The Balaban J connectivity index is 1.36. The standard InChI is InChI=1S/C25H29N7O5/c1-14(2)26-25(36)37-17-9-8-15(10-17)19-12-22(30-29-19)28-24(35)21-11-20(31-32(21)3)23(34)27-18-7-5-4-6-16(18)13-33/h4-7,11-15,17H,8-10H2,1-3H3,(H,26,36)(H,27,34)(H2,28,29,30,35). The van der Waals surface area contributed by atoms with E-state index in [0.717, 1.165) is 18.5 Å². The number of nitrogens with zero attached hydrogens (tertiary/aromatic N) is 3. The molecule has 2 heterocycles. The average molecular weight is 508 g/mol. The van der Waals surface area contributed by atoms with E-state index in [4.69, 9.17) is 4.74 Å². The summed E-state index contributed by atoms with van der Waals surface area (Å²) < 4.78 is 6.77. The van der Waals surface area contributed by atoms with Crippen molar-refractivity contribution in [3.05, 3.63) is 59.0 Å². The van der Waals surface area contributed by atoms with E-state index in [0.29, 0.717) is 29.8 Å². The van der Waals surface area contributed by atoms with Crippen LogP contribution in [0.3, 0.4) is 0 Å². The Hall–Kier alpha value is -4.48. The smallest absolute Gasteiger partial charge is 0.407 e. The van der Waals surface area contributed by atoms with Crippen LogP contribution in [0.1, 0.15) is 76.1 Å². The molecule has 1 aliphatic rings. The van der Waals surface area contributed by atoms with Crippen molar-refractivity contribution in [1.82, 2.24) is 25.3 Å². The lowest BCUT2D eigenvalue weighted by Crippen LogP contribution is -2.33. The minimum atomic E-state index is -0.550. The normalized spacial score (nSPS) is 16.9. The van der Waals surface area contributed by atoms with Crippen molar-refractivity contribution in [2.24, 2.45) is 7.05 Å². The van der Waals surface area contributed by atoms with Crippen LogP contribution >= 0.6 is 0 Å². The maximum atomic E-state index is 12.9. The number of H-pyrrole nitrogens is 1. The summed E-state index contributed by atoms with van der Waals surface area (Å²) in [7, 11) is 1.55. The molecule has 2 aromatic heterocycles. The molecule has 0 bridgehead atoms. The van der Waals surface area contributed by atoms with E-state index in [9.17, 15) is 19.2 Å². The highest BCUT2D eigenvalue weighted by Crippen LogP contribution is 2.35. The van der Waals surface area contributed by atoms with Gasteiger partial charge in [-0.3, -0.25) is 24.2 Å². The molecule has 2 atom stereocenters. The molecule has 1 aliphatic carbocycles. The van der Waals surface area contributed by atoms with Crippen LogP contribution in [0.4, 0.5) is 16.3 Å². The Kier molecular flexibility index (Phi) is 7.66. The number of aromatic amines is 1. The number of aromatic nitrogens is 4. The van der Waals surface area contributed by atoms with E-state index in [1.807, 2.05) is 13.8 Å². The topological polar surface area (TPSA) is 160 Å². The lowest BCUT2D eigenvalue weighted by Gasteiger charge is -2.14. The van der Waals surface area contributed by atoms with Gasteiger partial charge < -0.3 is 20.7 Å². The second-order valence-corrected chi connectivity index (χ2v) is 9.20. The second-order valence-electron chi connectivity index (χ2n) is 9.20. The molecule has 1 saturated carbocycles. The molecule has 0 aliphatic heterocycles. The molecule has 1 aromatic carbocycles. The third-order valence-corrected chi connectivity index (χ3v) is 6.02. The molecule has 1 fully saturated rings. The predicted molar refractivity (Wildman–Crippen MR) is 135 cm³/mol. The second kappa shape index (κ2) is 11.1. The quantitative estimate of drug-likeness (QED) is 0.340. The monoisotopic (exact) mass is 507 g/mol. The van der Waals surface area contributed by atoms with Crippen molar-refractivity contribution in [1.29, 1.82) is 0 Å². The van der Waals surface area contributed by atoms with Gasteiger partial charge >= 0.3 is 6.09 Å². The zero-order chi connectivity index (χ0) is 26.5. The van der Waals surface area contributed by atoms with Crippen molar-refractivity contribution in [3.63, 3.8) is 0 Å². The minimum Gasteiger partial charge on any atom is -0.446 e. The Bertz CT molecular complexity index is 1310. The molecular weight excluding hydrogens is 478 g/mol. The Morgan fingerprint density at radius 1 is 1.14 bits per heavy atom. The van der Waals surface area contributed by atoms with E-state index in [1.54, 1.807) is 37.4 Å². The first kappa shape index (κ1) is 25.6. The summed E-state index contributed by atoms with van der Waals surface area (Å²) >= 11 is 0.